The van der Waals surface area contributed by atoms with Gasteiger partial charge in [0.15, 0.2) is 0 Å². The van der Waals surface area contributed by atoms with E-state index >= 15 is 0 Å². The quantitative estimate of drug-likeness (QED) is 0.229. The van der Waals surface area contributed by atoms with Gasteiger partial charge in [-0.3, -0.25) is 14.3 Å². The molecule has 3 aliphatic heterocycles. The fraction of sp³-hybridized carbons (Fsp3) is 0.486. The molecule has 50 heavy (non-hydrogen) atoms. The van der Waals surface area contributed by atoms with Gasteiger partial charge in [0.2, 0.25) is 5.91 Å². The first-order valence-electron chi connectivity index (χ1n) is 17.2. The first kappa shape index (κ1) is 34.3. The van der Waals surface area contributed by atoms with Crippen LogP contribution in [0.2, 0.25) is 0 Å². The van der Waals surface area contributed by atoms with E-state index in [1.165, 1.54) is 18.9 Å². The maximum Gasteiger partial charge on any atom is 0.418 e. The van der Waals surface area contributed by atoms with Crippen molar-refractivity contribution in [2.24, 2.45) is 0 Å². The zero-order valence-electron chi connectivity index (χ0n) is 27.5. The third-order valence-electron chi connectivity index (χ3n) is 10.5. The van der Waals surface area contributed by atoms with Gasteiger partial charge < -0.3 is 30.7 Å². The van der Waals surface area contributed by atoms with E-state index in [4.69, 9.17) is 5.73 Å². The molecule has 4 aromatic rings. The number of piperidine rings is 2. The van der Waals surface area contributed by atoms with Crippen LogP contribution in [-0.4, -0.2) is 92.5 Å². The van der Waals surface area contributed by atoms with Crippen molar-refractivity contribution in [1.82, 2.24) is 34.6 Å². The second-order valence-electron chi connectivity index (χ2n) is 13.6. The summed E-state index contributed by atoms with van der Waals surface area (Å²) in [6.07, 6.45) is 1.82. The van der Waals surface area contributed by atoms with Gasteiger partial charge in [0.05, 0.1) is 34.0 Å². The van der Waals surface area contributed by atoms with Crippen molar-refractivity contribution in [2.45, 2.75) is 69.2 Å². The summed E-state index contributed by atoms with van der Waals surface area (Å²) in [5.74, 6) is -0.320. The predicted octanol–water partition coefficient (Wildman–Crippen LogP) is 5.29. The average Bonchev–Trinajstić information content (AvgIpc) is 3.77. The first-order chi connectivity index (χ1) is 24.0. The number of amides is 3. The van der Waals surface area contributed by atoms with Crippen molar-refractivity contribution in [3.63, 3.8) is 0 Å². The number of nitrogens with zero attached hydrogens (tertiary/aromatic N) is 5. The highest BCUT2D eigenvalue weighted by molar-refractivity contribution is 9.10. The number of H-pyrrole nitrogens is 1. The Morgan fingerprint density at radius 3 is 2.34 bits per heavy atom. The number of nitrogen functional groups attached to an aromatic ring is 1. The van der Waals surface area contributed by atoms with Gasteiger partial charge in [-0.2, -0.15) is 13.2 Å². The summed E-state index contributed by atoms with van der Waals surface area (Å²) in [6, 6.07) is 8.67. The summed E-state index contributed by atoms with van der Waals surface area (Å²) in [4.78, 5) is 54.2. The Labute approximate surface area is 295 Å². The number of halogens is 4. The van der Waals surface area contributed by atoms with E-state index in [2.05, 4.69) is 36.1 Å². The molecule has 3 saturated heterocycles. The number of hydrogen-bond acceptors (Lipinski definition) is 6. The van der Waals surface area contributed by atoms with Crippen molar-refractivity contribution in [2.75, 3.05) is 45.0 Å². The van der Waals surface area contributed by atoms with Crippen molar-refractivity contribution in [3.05, 3.63) is 68.7 Å². The van der Waals surface area contributed by atoms with Gasteiger partial charge in [-0.15, -0.1) is 0 Å². The number of nitrogens with one attached hydrogen (secondary N) is 2. The second kappa shape index (κ2) is 13.9. The number of aromatic nitrogens is 3. The zero-order chi connectivity index (χ0) is 35.2. The summed E-state index contributed by atoms with van der Waals surface area (Å²) >= 11 is 3.15. The summed E-state index contributed by atoms with van der Waals surface area (Å²) in [5.41, 5.74) is 6.50. The van der Waals surface area contributed by atoms with Crippen LogP contribution >= 0.6 is 15.9 Å². The maximum absolute atomic E-state index is 14.0. The number of hydrogen-bond donors (Lipinski definition) is 3. The average molecular weight is 758 g/mol. The number of rotatable bonds is 6. The minimum atomic E-state index is -4.69. The number of para-hydroxylation sites is 1. The number of alkyl halides is 3. The van der Waals surface area contributed by atoms with Crippen LogP contribution in [0.3, 0.4) is 0 Å². The van der Waals surface area contributed by atoms with Crippen LogP contribution in [0.25, 0.3) is 21.9 Å². The van der Waals surface area contributed by atoms with Crippen molar-refractivity contribution in [1.29, 1.82) is 0 Å². The molecule has 3 fully saturated rings. The molecule has 11 nitrogen and oxygen atoms in total. The third kappa shape index (κ3) is 6.81. The lowest BCUT2D eigenvalue weighted by atomic mass is 9.98. The van der Waals surface area contributed by atoms with Gasteiger partial charge >= 0.3 is 17.9 Å². The fourth-order valence-electron chi connectivity index (χ4n) is 7.89. The SMILES string of the molecule is Nc1c(Br)cc(C[C@@H](NC(=O)N2CCC(n3c(=O)[nH]c4c5ccccc5ncc43)CC2)C(=O)N2CCC(N3CCCC3)CC2)cc1C(F)(F)F. The molecule has 3 aliphatic rings. The summed E-state index contributed by atoms with van der Waals surface area (Å²) < 4.78 is 43.3. The van der Waals surface area contributed by atoms with Crippen molar-refractivity contribution >= 4 is 55.5 Å². The van der Waals surface area contributed by atoms with Gasteiger partial charge in [0.25, 0.3) is 0 Å². The number of pyridine rings is 1. The van der Waals surface area contributed by atoms with E-state index in [0.29, 0.717) is 50.6 Å². The van der Waals surface area contributed by atoms with E-state index in [9.17, 15) is 27.6 Å². The maximum atomic E-state index is 14.0. The number of imidazole rings is 1. The predicted molar refractivity (Wildman–Crippen MR) is 188 cm³/mol. The largest absolute Gasteiger partial charge is 0.418 e. The number of fused-ring (bicyclic) bond motifs is 3. The van der Waals surface area contributed by atoms with Crippen LogP contribution in [0.1, 0.15) is 55.7 Å². The lowest BCUT2D eigenvalue weighted by Gasteiger charge is -2.38. The Morgan fingerprint density at radius 2 is 1.64 bits per heavy atom. The number of likely N-dealkylation sites (tertiary alicyclic amines) is 3. The molecule has 15 heteroatoms. The summed E-state index contributed by atoms with van der Waals surface area (Å²) in [7, 11) is 0. The Bertz CT molecular complexity index is 1960. The molecule has 0 aliphatic carbocycles. The number of benzene rings is 2. The highest BCUT2D eigenvalue weighted by Gasteiger charge is 2.37. The van der Waals surface area contributed by atoms with Crippen LogP contribution in [0.4, 0.5) is 23.7 Å². The molecular formula is C35H40BrF3N8O3. The van der Waals surface area contributed by atoms with Crippen LogP contribution in [0.5, 0.6) is 0 Å². The van der Waals surface area contributed by atoms with Crippen LogP contribution in [0, 0.1) is 0 Å². The molecule has 0 bridgehead atoms. The lowest BCUT2D eigenvalue weighted by Crippen LogP contribution is -2.56. The second-order valence-corrected chi connectivity index (χ2v) is 14.5. The molecular weight excluding hydrogens is 717 g/mol. The van der Waals surface area contributed by atoms with Gasteiger partial charge in [-0.05, 0) is 91.3 Å². The molecule has 0 saturated carbocycles. The van der Waals surface area contributed by atoms with E-state index in [1.54, 1.807) is 20.6 Å². The van der Waals surface area contributed by atoms with Crippen molar-refractivity contribution in [3.8, 4) is 0 Å². The van der Waals surface area contributed by atoms with Gasteiger partial charge in [0.1, 0.15) is 6.04 Å². The van der Waals surface area contributed by atoms with Crippen molar-refractivity contribution < 1.29 is 22.8 Å². The van der Waals surface area contributed by atoms with E-state index < -0.39 is 29.5 Å². The van der Waals surface area contributed by atoms with Crippen LogP contribution in [0.15, 0.2) is 51.9 Å². The highest BCUT2D eigenvalue weighted by Crippen LogP contribution is 2.38. The molecule has 2 aromatic heterocycles. The minimum Gasteiger partial charge on any atom is -0.397 e. The Morgan fingerprint density at radius 1 is 0.980 bits per heavy atom. The first-order valence-corrected chi connectivity index (χ1v) is 18.0. The molecule has 4 N–H and O–H groups in total. The fourth-order valence-corrected chi connectivity index (χ4v) is 8.40. The molecule has 0 unspecified atom stereocenters. The Balaban J connectivity index is 1.07. The van der Waals surface area contributed by atoms with E-state index in [-0.39, 0.29) is 34.1 Å². The smallest absolute Gasteiger partial charge is 0.397 e. The van der Waals surface area contributed by atoms with Gasteiger partial charge in [-0.1, -0.05) is 18.2 Å². The molecule has 5 heterocycles. The van der Waals surface area contributed by atoms with E-state index in [0.717, 1.165) is 48.4 Å². The standard InChI is InChI=1S/C35H40BrF3N8O3/c36-26-18-21(17-25(30(26)40)35(37,38)39)19-28(32(48)45-13-7-22(8-14-45)44-11-3-4-12-44)42-33(49)46-15-9-23(10-16-46)47-29-20-41-27-6-2-1-5-24(27)31(29)43-34(47)50/h1-2,5-6,17-18,20,22-23,28H,3-4,7-16,19,40H2,(H,42,49)(H,43,50)/t28-/m1/s1. The number of nitrogens with two attached hydrogens (primary N) is 1. The normalized spacial score (nSPS) is 19.0. The Kier molecular flexibility index (Phi) is 9.54. The minimum absolute atomic E-state index is 0.0732. The van der Waals surface area contributed by atoms with E-state index in [1.807, 2.05) is 24.3 Å². The Hall–Kier alpha value is -4.11. The number of carbonyl (C=O) groups excluding carboxylic acids is 2. The monoisotopic (exact) mass is 756 g/mol. The number of anilines is 1. The summed E-state index contributed by atoms with van der Waals surface area (Å²) in [5, 5.41) is 3.73. The zero-order valence-corrected chi connectivity index (χ0v) is 29.1. The lowest BCUT2D eigenvalue weighted by molar-refractivity contribution is -0.137. The molecule has 1 atom stereocenters. The molecule has 0 spiro atoms. The molecule has 3 amide bonds. The molecule has 2 aromatic carbocycles. The number of urea groups is 1. The summed E-state index contributed by atoms with van der Waals surface area (Å²) in [6.45, 7) is 3.80. The topological polar surface area (TPSA) is 133 Å². The molecule has 0 radical (unpaired) electrons. The van der Waals surface area contributed by atoms with Crippen LogP contribution in [-0.2, 0) is 17.4 Å². The highest BCUT2D eigenvalue weighted by atomic mass is 79.9. The molecule has 7 rings (SSSR count). The van der Waals surface area contributed by atoms with Gasteiger partial charge in [-0.25, -0.2) is 9.59 Å². The number of carbonyl (C=O) groups is 2. The van der Waals surface area contributed by atoms with Crippen LogP contribution < -0.4 is 16.7 Å². The third-order valence-corrected chi connectivity index (χ3v) is 11.2. The molecule has 266 valence electrons. The number of aromatic amines is 1. The van der Waals surface area contributed by atoms with Gasteiger partial charge in [0, 0.05) is 54.5 Å².